The first-order valence-electron chi connectivity index (χ1n) is 8.74. The third-order valence-corrected chi connectivity index (χ3v) is 6.43. The van der Waals surface area contributed by atoms with Gasteiger partial charge >= 0.3 is 0 Å². The van der Waals surface area contributed by atoms with E-state index in [2.05, 4.69) is 10.2 Å². The SMILES string of the molecule is CC1(C2CC2)NC(=O)C2(CCCC2)N(C2CCCC2)C1=O. The van der Waals surface area contributed by atoms with Gasteiger partial charge in [-0.05, 0) is 51.4 Å². The number of amides is 2. The maximum atomic E-state index is 13.3. The van der Waals surface area contributed by atoms with E-state index >= 15 is 0 Å². The van der Waals surface area contributed by atoms with E-state index in [1.165, 1.54) is 12.8 Å². The highest BCUT2D eigenvalue weighted by atomic mass is 16.2. The fraction of sp³-hybridized carbons (Fsp3) is 0.882. The third-order valence-electron chi connectivity index (χ3n) is 6.43. The smallest absolute Gasteiger partial charge is 0.249 e. The molecule has 116 valence electrons. The Bertz CT molecular complexity index is 473. The van der Waals surface area contributed by atoms with Crippen LogP contribution < -0.4 is 5.32 Å². The third kappa shape index (κ3) is 1.80. The Balaban J connectivity index is 1.74. The second kappa shape index (κ2) is 4.47. The largest absolute Gasteiger partial charge is 0.340 e. The van der Waals surface area contributed by atoms with Crippen molar-refractivity contribution in [2.75, 3.05) is 0 Å². The number of rotatable bonds is 2. The van der Waals surface area contributed by atoms with Crippen molar-refractivity contribution in [2.24, 2.45) is 5.92 Å². The van der Waals surface area contributed by atoms with Crippen molar-refractivity contribution in [1.82, 2.24) is 10.2 Å². The highest BCUT2D eigenvalue weighted by Crippen LogP contribution is 2.49. The van der Waals surface area contributed by atoms with Crippen LogP contribution in [0.2, 0.25) is 0 Å². The molecule has 3 aliphatic carbocycles. The molecule has 21 heavy (non-hydrogen) atoms. The molecule has 1 N–H and O–H groups in total. The summed E-state index contributed by atoms with van der Waals surface area (Å²) in [5, 5.41) is 3.16. The van der Waals surface area contributed by atoms with Crippen LogP contribution in [-0.2, 0) is 9.59 Å². The summed E-state index contributed by atoms with van der Waals surface area (Å²) in [6.45, 7) is 1.97. The zero-order chi connectivity index (χ0) is 14.7. The first-order chi connectivity index (χ1) is 10.1. The summed E-state index contributed by atoms with van der Waals surface area (Å²) in [5.41, 5.74) is -1.14. The topological polar surface area (TPSA) is 49.4 Å². The Morgan fingerprint density at radius 2 is 1.62 bits per heavy atom. The van der Waals surface area contributed by atoms with Crippen molar-refractivity contribution in [3.63, 3.8) is 0 Å². The zero-order valence-electron chi connectivity index (χ0n) is 13.0. The van der Waals surface area contributed by atoms with E-state index in [0.29, 0.717) is 12.0 Å². The molecule has 0 bridgehead atoms. The molecular formula is C17H26N2O2. The second-order valence-corrected chi connectivity index (χ2v) is 7.78. The van der Waals surface area contributed by atoms with E-state index in [1.54, 1.807) is 0 Å². The molecule has 0 aromatic carbocycles. The molecule has 1 aliphatic heterocycles. The molecule has 0 aromatic heterocycles. The second-order valence-electron chi connectivity index (χ2n) is 7.78. The molecule has 1 heterocycles. The lowest BCUT2D eigenvalue weighted by atomic mass is 9.81. The first kappa shape index (κ1) is 13.6. The van der Waals surface area contributed by atoms with Crippen LogP contribution in [0.4, 0.5) is 0 Å². The van der Waals surface area contributed by atoms with E-state index in [9.17, 15) is 9.59 Å². The number of nitrogens with one attached hydrogen (secondary N) is 1. The molecule has 4 heteroatoms. The van der Waals surface area contributed by atoms with Gasteiger partial charge in [-0.15, -0.1) is 0 Å². The van der Waals surface area contributed by atoms with Gasteiger partial charge in [0, 0.05) is 6.04 Å². The van der Waals surface area contributed by atoms with Crippen LogP contribution in [0.5, 0.6) is 0 Å². The van der Waals surface area contributed by atoms with E-state index < -0.39 is 11.1 Å². The number of nitrogens with zero attached hydrogens (tertiary/aromatic N) is 1. The highest BCUT2D eigenvalue weighted by molar-refractivity contribution is 6.03. The van der Waals surface area contributed by atoms with Gasteiger partial charge in [0.15, 0.2) is 0 Å². The quantitative estimate of drug-likeness (QED) is 0.849. The van der Waals surface area contributed by atoms with Crippen molar-refractivity contribution in [2.45, 2.75) is 88.3 Å². The van der Waals surface area contributed by atoms with E-state index in [-0.39, 0.29) is 11.8 Å². The van der Waals surface area contributed by atoms with Crippen molar-refractivity contribution in [1.29, 1.82) is 0 Å². The van der Waals surface area contributed by atoms with Gasteiger partial charge in [-0.3, -0.25) is 9.59 Å². The van der Waals surface area contributed by atoms with Gasteiger partial charge in [0.2, 0.25) is 11.8 Å². The fourth-order valence-corrected chi connectivity index (χ4v) is 5.00. The normalized spacial score (nSPS) is 36.5. The van der Waals surface area contributed by atoms with Gasteiger partial charge in [-0.1, -0.05) is 25.7 Å². The van der Waals surface area contributed by atoms with Gasteiger partial charge in [-0.25, -0.2) is 0 Å². The molecule has 1 unspecified atom stereocenters. The lowest BCUT2D eigenvalue weighted by Crippen LogP contribution is -2.76. The minimum absolute atomic E-state index is 0.140. The monoisotopic (exact) mass is 290 g/mol. The van der Waals surface area contributed by atoms with Crippen molar-refractivity contribution in [3.05, 3.63) is 0 Å². The summed E-state index contributed by atoms with van der Waals surface area (Å²) in [4.78, 5) is 28.4. The number of piperazine rings is 1. The van der Waals surface area contributed by atoms with Crippen LogP contribution in [0.3, 0.4) is 0 Å². The van der Waals surface area contributed by atoms with Gasteiger partial charge in [0.1, 0.15) is 11.1 Å². The standard InChI is InChI=1S/C17H26N2O2/c1-16(12-8-9-12)15(21)19(13-6-2-3-7-13)17(14(20)18-16)10-4-5-11-17/h12-13H,2-11H2,1H3,(H,18,20). The molecule has 4 rings (SSSR count). The maximum Gasteiger partial charge on any atom is 0.249 e. The summed E-state index contributed by atoms with van der Waals surface area (Å²) < 4.78 is 0. The molecule has 0 radical (unpaired) electrons. The van der Waals surface area contributed by atoms with Gasteiger partial charge in [-0.2, -0.15) is 0 Å². The van der Waals surface area contributed by atoms with Crippen LogP contribution in [-0.4, -0.2) is 33.8 Å². The molecule has 3 saturated carbocycles. The number of hydrogen-bond acceptors (Lipinski definition) is 2. The van der Waals surface area contributed by atoms with E-state index in [4.69, 9.17) is 0 Å². The van der Waals surface area contributed by atoms with E-state index in [0.717, 1.165) is 51.4 Å². The average Bonchev–Trinajstić information content (AvgIpc) is 2.99. The van der Waals surface area contributed by atoms with Crippen LogP contribution in [0.25, 0.3) is 0 Å². The summed E-state index contributed by atoms with van der Waals surface area (Å²) >= 11 is 0. The lowest BCUT2D eigenvalue weighted by molar-refractivity contribution is -0.167. The summed E-state index contributed by atoms with van der Waals surface area (Å²) in [5.74, 6) is 0.718. The van der Waals surface area contributed by atoms with Crippen molar-refractivity contribution in [3.8, 4) is 0 Å². The van der Waals surface area contributed by atoms with Crippen molar-refractivity contribution >= 4 is 11.8 Å². The molecule has 1 saturated heterocycles. The Labute approximate surface area is 126 Å². The summed E-state index contributed by atoms with van der Waals surface area (Å²) in [7, 11) is 0. The molecule has 1 atom stereocenters. The predicted molar refractivity (Wildman–Crippen MR) is 79.6 cm³/mol. The van der Waals surface area contributed by atoms with Crippen LogP contribution in [0, 0.1) is 5.92 Å². The van der Waals surface area contributed by atoms with Crippen molar-refractivity contribution < 1.29 is 9.59 Å². The van der Waals surface area contributed by atoms with Gasteiger partial charge < -0.3 is 10.2 Å². The molecule has 4 fully saturated rings. The van der Waals surface area contributed by atoms with Gasteiger partial charge in [0.25, 0.3) is 0 Å². The van der Waals surface area contributed by atoms with Crippen LogP contribution in [0.1, 0.15) is 71.1 Å². The maximum absolute atomic E-state index is 13.3. The number of carbonyl (C=O) groups excluding carboxylic acids is 2. The minimum Gasteiger partial charge on any atom is -0.340 e. The molecule has 2 amide bonds. The summed E-state index contributed by atoms with van der Waals surface area (Å²) in [6, 6.07) is 0.305. The Morgan fingerprint density at radius 3 is 2.19 bits per heavy atom. The first-order valence-corrected chi connectivity index (χ1v) is 8.74. The lowest BCUT2D eigenvalue weighted by Gasteiger charge is -2.53. The average molecular weight is 290 g/mol. The zero-order valence-corrected chi connectivity index (χ0v) is 13.0. The highest BCUT2D eigenvalue weighted by Gasteiger charge is 2.62. The molecular weight excluding hydrogens is 264 g/mol. The molecule has 1 spiro atoms. The molecule has 0 aromatic rings. The Kier molecular flexibility index (Phi) is 2.89. The van der Waals surface area contributed by atoms with Crippen LogP contribution in [0.15, 0.2) is 0 Å². The minimum atomic E-state index is -0.631. The summed E-state index contributed by atoms with van der Waals surface area (Å²) in [6.07, 6.45) is 10.6. The number of carbonyl (C=O) groups is 2. The van der Waals surface area contributed by atoms with E-state index in [1.807, 2.05) is 6.92 Å². The molecule has 4 aliphatic rings. The predicted octanol–water partition coefficient (Wildman–Crippen LogP) is 2.37. The fourth-order valence-electron chi connectivity index (χ4n) is 5.00. The van der Waals surface area contributed by atoms with Gasteiger partial charge in [0.05, 0.1) is 0 Å². The van der Waals surface area contributed by atoms with Crippen LogP contribution >= 0.6 is 0 Å². The number of hydrogen-bond donors (Lipinski definition) is 1. The molecule has 4 nitrogen and oxygen atoms in total. The Hall–Kier alpha value is -1.06. The Morgan fingerprint density at radius 1 is 1.00 bits per heavy atom.